The van der Waals surface area contributed by atoms with E-state index in [2.05, 4.69) is 17.2 Å². The Morgan fingerprint density at radius 3 is 1.80 bits per heavy atom. The number of carbonyl (C=O) groups excluding carboxylic acids is 1. The first-order valence-electron chi connectivity index (χ1n) is 16.3. The average Bonchev–Trinajstić information content (AvgIpc) is 3.34. The summed E-state index contributed by atoms with van der Waals surface area (Å²) >= 11 is 0. The van der Waals surface area contributed by atoms with Crippen LogP contribution in [0.5, 0.6) is 0 Å². The SMILES string of the molecule is CCCCCCCCCCCCCCNC(=O)CCCCCCCCCCn1c(=O)c2c(ncn2C)n(C)c1=O. The van der Waals surface area contributed by atoms with Crippen LogP contribution in [-0.2, 0) is 25.4 Å². The second-order valence-electron chi connectivity index (χ2n) is 11.6. The molecule has 0 aliphatic rings. The van der Waals surface area contributed by atoms with Crippen LogP contribution in [0.4, 0.5) is 0 Å². The molecule has 0 aliphatic heterocycles. The predicted molar refractivity (Wildman–Crippen MR) is 166 cm³/mol. The highest BCUT2D eigenvalue weighted by molar-refractivity contribution is 5.75. The number of fused-ring (bicyclic) bond motifs is 1. The van der Waals surface area contributed by atoms with Crippen molar-refractivity contribution < 1.29 is 4.79 Å². The van der Waals surface area contributed by atoms with E-state index in [-0.39, 0.29) is 17.2 Å². The summed E-state index contributed by atoms with van der Waals surface area (Å²) in [6.45, 7) is 3.54. The van der Waals surface area contributed by atoms with Crippen LogP contribution in [0.2, 0.25) is 0 Å². The zero-order chi connectivity index (χ0) is 29.0. The molecule has 0 spiro atoms. The summed E-state index contributed by atoms with van der Waals surface area (Å²) in [6.07, 6.45) is 26.7. The van der Waals surface area contributed by atoms with Crippen molar-refractivity contribution in [3.05, 3.63) is 27.2 Å². The van der Waals surface area contributed by atoms with Crippen LogP contribution in [0.3, 0.4) is 0 Å². The highest BCUT2D eigenvalue weighted by atomic mass is 16.2. The van der Waals surface area contributed by atoms with Gasteiger partial charge in [0.15, 0.2) is 11.2 Å². The van der Waals surface area contributed by atoms with Crippen molar-refractivity contribution in [2.45, 2.75) is 148 Å². The molecule has 2 rings (SSSR count). The van der Waals surface area contributed by atoms with E-state index in [1.165, 1.54) is 86.2 Å². The minimum atomic E-state index is -0.297. The predicted octanol–water partition coefficient (Wildman–Crippen LogP) is 6.76. The number of imidazole rings is 1. The number of aromatic nitrogens is 4. The first kappa shape index (κ1) is 33.8. The number of rotatable bonds is 24. The summed E-state index contributed by atoms with van der Waals surface area (Å²) in [4.78, 5) is 41.5. The van der Waals surface area contributed by atoms with Gasteiger partial charge in [0.25, 0.3) is 5.56 Å². The molecule has 0 fully saturated rings. The molecule has 0 bridgehead atoms. The molecular weight excluding hydrogens is 502 g/mol. The lowest BCUT2D eigenvalue weighted by Gasteiger charge is -2.08. The zero-order valence-corrected chi connectivity index (χ0v) is 25.9. The van der Waals surface area contributed by atoms with Crippen molar-refractivity contribution >= 4 is 17.1 Å². The maximum Gasteiger partial charge on any atom is 0.332 e. The standard InChI is InChI=1S/C32H57N5O3/c1-4-5-6-7-8-9-10-11-13-16-19-22-25-33-28(38)24-21-18-15-12-14-17-20-23-26-37-31(39)29-30(34-27-35(29)2)36(3)32(37)40/h27H,4-26H2,1-3H3,(H,33,38). The molecule has 8 nitrogen and oxygen atoms in total. The van der Waals surface area contributed by atoms with Gasteiger partial charge in [0.2, 0.25) is 5.91 Å². The first-order chi connectivity index (χ1) is 19.5. The Labute approximate surface area is 241 Å². The van der Waals surface area contributed by atoms with Crippen LogP contribution in [0.1, 0.15) is 142 Å². The van der Waals surface area contributed by atoms with Crippen LogP contribution >= 0.6 is 0 Å². The fraction of sp³-hybridized carbons (Fsp3) is 0.812. The first-order valence-corrected chi connectivity index (χ1v) is 16.3. The van der Waals surface area contributed by atoms with Gasteiger partial charge in [-0.05, 0) is 19.3 Å². The number of carbonyl (C=O) groups is 1. The number of amides is 1. The molecule has 1 amide bonds. The third-order valence-electron chi connectivity index (χ3n) is 8.09. The second-order valence-corrected chi connectivity index (χ2v) is 11.6. The molecule has 2 aromatic heterocycles. The monoisotopic (exact) mass is 559 g/mol. The van der Waals surface area contributed by atoms with Gasteiger partial charge in [-0.25, -0.2) is 9.78 Å². The quantitative estimate of drug-likeness (QED) is 0.144. The van der Waals surface area contributed by atoms with Gasteiger partial charge in [-0.1, -0.05) is 116 Å². The van der Waals surface area contributed by atoms with Crippen molar-refractivity contribution in [3.8, 4) is 0 Å². The Bertz CT molecular complexity index is 1080. The average molecular weight is 560 g/mol. The Balaban J connectivity index is 1.38. The molecule has 0 aromatic carbocycles. The van der Waals surface area contributed by atoms with Crippen molar-refractivity contribution in [3.63, 3.8) is 0 Å². The van der Waals surface area contributed by atoms with Crippen molar-refractivity contribution in [1.82, 2.24) is 24.0 Å². The number of unbranched alkanes of at least 4 members (excludes halogenated alkanes) is 18. The lowest BCUT2D eigenvalue weighted by Crippen LogP contribution is -2.39. The lowest BCUT2D eigenvalue weighted by molar-refractivity contribution is -0.121. The molecule has 0 aliphatic carbocycles. The molecule has 0 saturated heterocycles. The van der Waals surface area contributed by atoms with Gasteiger partial charge in [-0.15, -0.1) is 0 Å². The molecule has 1 N–H and O–H groups in total. The largest absolute Gasteiger partial charge is 0.356 e. The fourth-order valence-electron chi connectivity index (χ4n) is 5.49. The summed E-state index contributed by atoms with van der Waals surface area (Å²) in [5.41, 5.74) is 0.358. The fourth-order valence-corrected chi connectivity index (χ4v) is 5.49. The number of nitrogens with zero attached hydrogens (tertiary/aromatic N) is 4. The molecule has 40 heavy (non-hydrogen) atoms. The van der Waals surface area contributed by atoms with Crippen LogP contribution in [0, 0.1) is 0 Å². The Morgan fingerprint density at radius 1 is 0.725 bits per heavy atom. The van der Waals surface area contributed by atoms with E-state index in [1.807, 2.05) is 0 Å². The van der Waals surface area contributed by atoms with Gasteiger partial charge < -0.3 is 9.88 Å². The van der Waals surface area contributed by atoms with Crippen molar-refractivity contribution in [2.24, 2.45) is 14.1 Å². The zero-order valence-electron chi connectivity index (χ0n) is 25.9. The number of hydrogen-bond acceptors (Lipinski definition) is 4. The molecule has 228 valence electrons. The maximum absolute atomic E-state index is 12.7. The van der Waals surface area contributed by atoms with Crippen LogP contribution < -0.4 is 16.6 Å². The van der Waals surface area contributed by atoms with E-state index in [9.17, 15) is 14.4 Å². The smallest absolute Gasteiger partial charge is 0.332 e. The molecule has 2 aromatic rings. The van der Waals surface area contributed by atoms with Crippen LogP contribution in [0.15, 0.2) is 15.9 Å². The second kappa shape index (κ2) is 20.5. The van der Waals surface area contributed by atoms with Gasteiger partial charge >= 0.3 is 5.69 Å². The van der Waals surface area contributed by atoms with Gasteiger partial charge in [0.05, 0.1) is 6.33 Å². The molecule has 0 radical (unpaired) electrons. The number of nitrogens with one attached hydrogen (secondary N) is 1. The Hall–Kier alpha value is -2.38. The Morgan fingerprint density at radius 2 is 1.23 bits per heavy atom. The topological polar surface area (TPSA) is 90.9 Å². The van der Waals surface area contributed by atoms with Crippen molar-refractivity contribution in [2.75, 3.05) is 6.54 Å². The maximum atomic E-state index is 12.7. The Kier molecular flexibility index (Phi) is 17.3. The van der Waals surface area contributed by atoms with Gasteiger partial charge in [0, 0.05) is 33.6 Å². The van der Waals surface area contributed by atoms with E-state index in [1.54, 1.807) is 25.0 Å². The molecule has 8 heteroatoms. The minimum Gasteiger partial charge on any atom is -0.356 e. The van der Waals surface area contributed by atoms with E-state index in [4.69, 9.17) is 0 Å². The van der Waals surface area contributed by atoms with Crippen molar-refractivity contribution in [1.29, 1.82) is 0 Å². The van der Waals surface area contributed by atoms with Gasteiger partial charge in [0.1, 0.15) is 0 Å². The van der Waals surface area contributed by atoms with E-state index < -0.39 is 0 Å². The van der Waals surface area contributed by atoms with E-state index >= 15 is 0 Å². The van der Waals surface area contributed by atoms with Crippen LogP contribution in [0.25, 0.3) is 11.2 Å². The number of aryl methyl sites for hydroxylation is 2. The number of hydrogen-bond donors (Lipinski definition) is 1. The van der Waals surface area contributed by atoms with E-state index in [0.717, 1.165) is 57.9 Å². The van der Waals surface area contributed by atoms with Crippen LogP contribution in [-0.4, -0.2) is 31.1 Å². The molecular formula is C32H57N5O3. The molecule has 0 saturated carbocycles. The third kappa shape index (κ3) is 12.4. The molecule has 0 atom stereocenters. The van der Waals surface area contributed by atoms with Gasteiger partial charge in [-0.3, -0.25) is 18.7 Å². The summed E-state index contributed by atoms with van der Waals surface area (Å²) in [5.74, 6) is 0.203. The molecule has 2 heterocycles. The summed E-state index contributed by atoms with van der Waals surface area (Å²) in [7, 11) is 3.44. The molecule has 0 unspecified atom stereocenters. The normalized spacial score (nSPS) is 11.5. The summed E-state index contributed by atoms with van der Waals surface area (Å²) in [5, 5.41) is 3.09. The lowest BCUT2D eigenvalue weighted by atomic mass is 10.1. The van der Waals surface area contributed by atoms with Gasteiger partial charge in [-0.2, -0.15) is 0 Å². The minimum absolute atomic E-state index is 0.203. The van der Waals surface area contributed by atoms with E-state index in [0.29, 0.717) is 24.1 Å². The highest BCUT2D eigenvalue weighted by Crippen LogP contribution is 2.12. The highest BCUT2D eigenvalue weighted by Gasteiger charge is 2.14. The summed E-state index contributed by atoms with van der Waals surface area (Å²) in [6, 6.07) is 0. The third-order valence-corrected chi connectivity index (χ3v) is 8.09. The summed E-state index contributed by atoms with van der Waals surface area (Å²) < 4.78 is 4.47.